The lowest BCUT2D eigenvalue weighted by molar-refractivity contribution is -0.321. The van der Waals surface area contributed by atoms with Gasteiger partial charge in [0.25, 0.3) is 0 Å². The molecular weight excluding hydrogens is 682 g/mol. The fourth-order valence-electron chi connectivity index (χ4n) is 8.37. The first-order valence-electron chi connectivity index (χ1n) is 18.6. The number of rotatable bonds is 8. The molecule has 0 aromatic rings. The highest BCUT2D eigenvalue weighted by molar-refractivity contribution is 5.83. The van der Waals surface area contributed by atoms with Crippen molar-refractivity contribution in [1.82, 2.24) is 4.90 Å². The molecule has 0 spiro atoms. The standard InChI is InChI=1S/C37H67NO14/c1-13-25-37(9,46)30(42)20(4)27(40)18(2)15-35(7,45)32(52-34-28(41)24(38(10)11)14-19(3)48-34)23(17-39)29(21(5)33(44)50-25)51-26-16-36(8,47-12)31(43)22(6)49-26/h18-26,28-32,34,39,41-43,45-46H,13-17H2,1-12H3/t18-,19-,20+,21-,22+,23+,24+,25-,26+,28-,29-,30-,31+,32-,34+,35-,36-,37-/m1/s1. The van der Waals surface area contributed by atoms with E-state index in [9.17, 15) is 40.2 Å². The molecule has 0 aromatic carbocycles. The second kappa shape index (κ2) is 17.6. The number of nitrogens with zero attached hydrogens (tertiary/aromatic N) is 1. The maximum Gasteiger partial charge on any atom is 0.311 e. The summed E-state index contributed by atoms with van der Waals surface area (Å²) in [7, 11) is 5.07. The van der Waals surface area contributed by atoms with Crippen molar-refractivity contribution in [2.75, 3.05) is 27.8 Å². The van der Waals surface area contributed by atoms with Gasteiger partial charge in [-0.05, 0) is 74.9 Å². The molecule has 0 bridgehead atoms. The van der Waals surface area contributed by atoms with Crippen LogP contribution in [0.2, 0.25) is 0 Å². The summed E-state index contributed by atoms with van der Waals surface area (Å²) in [5.41, 5.74) is -5.11. The molecule has 3 heterocycles. The quantitative estimate of drug-likeness (QED) is 0.189. The molecule has 3 saturated heterocycles. The van der Waals surface area contributed by atoms with Gasteiger partial charge < -0.3 is 64.0 Å². The first-order valence-corrected chi connectivity index (χ1v) is 18.6. The molecule has 0 radical (unpaired) electrons. The Bertz CT molecular complexity index is 1190. The summed E-state index contributed by atoms with van der Waals surface area (Å²) in [4.78, 5) is 29.8. The van der Waals surface area contributed by atoms with E-state index in [0.29, 0.717) is 6.42 Å². The molecule has 15 nitrogen and oxygen atoms in total. The molecule has 3 aliphatic rings. The van der Waals surface area contributed by atoms with Crippen molar-refractivity contribution in [1.29, 1.82) is 0 Å². The van der Waals surface area contributed by atoms with Crippen LogP contribution in [0.4, 0.5) is 0 Å². The Morgan fingerprint density at radius 1 is 0.904 bits per heavy atom. The van der Waals surface area contributed by atoms with Crippen molar-refractivity contribution in [3.63, 3.8) is 0 Å². The van der Waals surface area contributed by atoms with E-state index in [4.69, 9.17) is 28.4 Å². The van der Waals surface area contributed by atoms with E-state index in [1.165, 1.54) is 34.8 Å². The number of hydrogen-bond donors (Lipinski definition) is 6. The maximum absolute atomic E-state index is 14.1. The number of carbonyl (C=O) groups excluding carboxylic acids is 2. The van der Waals surface area contributed by atoms with Crippen molar-refractivity contribution in [2.45, 2.75) is 172 Å². The Morgan fingerprint density at radius 2 is 1.52 bits per heavy atom. The molecule has 18 atom stereocenters. The molecule has 0 amide bonds. The lowest BCUT2D eigenvalue weighted by atomic mass is 9.73. The third-order valence-electron chi connectivity index (χ3n) is 11.8. The molecule has 0 aromatic heterocycles. The zero-order valence-electron chi connectivity index (χ0n) is 33.1. The van der Waals surface area contributed by atoms with Crippen LogP contribution in [0.15, 0.2) is 0 Å². The van der Waals surface area contributed by atoms with Crippen molar-refractivity contribution in [3.8, 4) is 0 Å². The summed E-state index contributed by atoms with van der Waals surface area (Å²) in [6, 6.07) is -0.386. The normalized spacial score (nSPS) is 49.0. The van der Waals surface area contributed by atoms with Gasteiger partial charge in [0.1, 0.15) is 29.7 Å². The van der Waals surface area contributed by atoms with Gasteiger partial charge in [0.05, 0.1) is 54.2 Å². The number of Topliss-reactive ketones (excluding diaryl/α,β-unsaturated/α-hetero) is 1. The van der Waals surface area contributed by atoms with Crippen LogP contribution in [-0.4, -0.2) is 159 Å². The zero-order chi connectivity index (χ0) is 39.7. The van der Waals surface area contributed by atoms with Gasteiger partial charge in [0.2, 0.25) is 0 Å². The first kappa shape index (κ1) is 45.1. The number of aliphatic hydroxyl groups is 6. The highest BCUT2D eigenvalue weighted by Crippen LogP contribution is 2.41. The molecule has 0 unspecified atom stereocenters. The minimum Gasteiger partial charge on any atom is -0.459 e. The van der Waals surface area contributed by atoms with E-state index in [1.54, 1.807) is 27.7 Å². The van der Waals surface area contributed by atoms with Gasteiger partial charge in [-0.25, -0.2) is 0 Å². The minimum absolute atomic E-state index is 0.0156. The summed E-state index contributed by atoms with van der Waals surface area (Å²) in [6.45, 7) is 13.4. The lowest BCUT2D eigenvalue weighted by Crippen LogP contribution is -2.62. The number of carbonyl (C=O) groups is 2. The fraction of sp³-hybridized carbons (Fsp3) is 0.946. The summed E-state index contributed by atoms with van der Waals surface area (Å²) < 4.78 is 36.8. The smallest absolute Gasteiger partial charge is 0.311 e. The average molecular weight is 750 g/mol. The van der Waals surface area contributed by atoms with E-state index in [2.05, 4.69) is 0 Å². The SMILES string of the molecule is CC[C@H]1OC(=O)[C@H](C)[C@@H](O[C@H]2C[C@@](C)(OC)[C@@H](O)[C@H](C)O2)[C@H](CO)[C@@H](O[C@@H]2O[C@H](C)C[C@H](N(C)C)[C@H]2O)[C@](C)(O)C[C@@H](C)C(=O)[C@H](C)[C@@H](O)[C@]1(C)O. The average Bonchev–Trinajstić information content (AvgIpc) is 3.07. The molecule has 0 saturated carbocycles. The highest BCUT2D eigenvalue weighted by Gasteiger charge is 2.54. The number of cyclic esters (lactones) is 1. The number of hydrogen-bond acceptors (Lipinski definition) is 15. The molecule has 304 valence electrons. The van der Waals surface area contributed by atoms with E-state index in [0.717, 1.165) is 0 Å². The van der Waals surface area contributed by atoms with Crippen LogP contribution < -0.4 is 0 Å². The molecule has 6 N–H and O–H groups in total. The predicted octanol–water partition coefficient (Wildman–Crippen LogP) is 0.758. The van der Waals surface area contributed by atoms with Gasteiger partial charge in [-0.1, -0.05) is 20.8 Å². The van der Waals surface area contributed by atoms with Crippen LogP contribution in [-0.2, 0) is 38.0 Å². The summed E-state index contributed by atoms with van der Waals surface area (Å²) in [5, 5.41) is 68.9. The van der Waals surface area contributed by atoms with E-state index < -0.39 is 114 Å². The Kier molecular flexibility index (Phi) is 15.3. The number of likely N-dealkylation sites (N-methyl/N-ethyl adjacent to an activating group) is 1. The van der Waals surface area contributed by atoms with Gasteiger partial charge in [-0.15, -0.1) is 0 Å². The largest absolute Gasteiger partial charge is 0.459 e. The van der Waals surface area contributed by atoms with Crippen LogP contribution in [0, 0.1) is 23.7 Å². The first-order chi connectivity index (χ1) is 24.0. The molecule has 3 aliphatic heterocycles. The third kappa shape index (κ3) is 9.54. The summed E-state index contributed by atoms with van der Waals surface area (Å²) in [5.74, 6) is -5.81. The van der Waals surface area contributed by atoms with Crippen LogP contribution in [0.25, 0.3) is 0 Å². The zero-order valence-corrected chi connectivity index (χ0v) is 33.1. The lowest BCUT2D eigenvalue weighted by Gasteiger charge is -2.49. The maximum atomic E-state index is 14.1. The van der Waals surface area contributed by atoms with Crippen LogP contribution in [0.1, 0.15) is 88.0 Å². The van der Waals surface area contributed by atoms with E-state index in [1.807, 2.05) is 25.9 Å². The van der Waals surface area contributed by atoms with Gasteiger partial charge >= 0.3 is 5.97 Å². The molecule has 15 heteroatoms. The topological polar surface area (TPSA) is 214 Å². The van der Waals surface area contributed by atoms with Crippen LogP contribution in [0.5, 0.6) is 0 Å². The second-order valence-corrected chi connectivity index (χ2v) is 16.5. The summed E-state index contributed by atoms with van der Waals surface area (Å²) >= 11 is 0. The minimum atomic E-state index is -2.05. The Labute approximate surface area is 308 Å². The number of methoxy groups -OCH3 is 1. The molecule has 3 fully saturated rings. The highest BCUT2D eigenvalue weighted by atomic mass is 16.7. The van der Waals surface area contributed by atoms with Gasteiger partial charge in [-0.2, -0.15) is 0 Å². The Hall–Kier alpha value is -1.34. The third-order valence-corrected chi connectivity index (χ3v) is 11.8. The second-order valence-electron chi connectivity index (χ2n) is 16.5. The number of aliphatic hydroxyl groups excluding tert-OH is 4. The van der Waals surface area contributed by atoms with Gasteiger partial charge in [0.15, 0.2) is 12.6 Å². The summed E-state index contributed by atoms with van der Waals surface area (Å²) in [6.07, 6.45) is -11.0. The van der Waals surface area contributed by atoms with Crippen molar-refractivity contribution >= 4 is 11.8 Å². The molecule has 3 rings (SSSR count). The van der Waals surface area contributed by atoms with Crippen molar-refractivity contribution in [3.05, 3.63) is 0 Å². The number of esters is 1. The molecule has 0 aliphatic carbocycles. The number of ketones is 1. The van der Waals surface area contributed by atoms with E-state index >= 15 is 0 Å². The molecular formula is C37H67NO14. The fourth-order valence-corrected chi connectivity index (χ4v) is 8.37. The van der Waals surface area contributed by atoms with Crippen LogP contribution in [0.3, 0.4) is 0 Å². The van der Waals surface area contributed by atoms with Crippen LogP contribution >= 0.6 is 0 Å². The Morgan fingerprint density at radius 3 is 2.06 bits per heavy atom. The van der Waals surface area contributed by atoms with Crippen molar-refractivity contribution < 1.29 is 68.6 Å². The van der Waals surface area contributed by atoms with E-state index in [-0.39, 0.29) is 31.4 Å². The van der Waals surface area contributed by atoms with Crippen molar-refractivity contribution in [2.24, 2.45) is 23.7 Å². The predicted molar refractivity (Wildman–Crippen MR) is 188 cm³/mol. The monoisotopic (exact) mass is 749 g/mol. The van der Waals surface area contributed by atoms with Gasteiger partial charge in [0, 0.05) is 37.3 Å². The number of ether oxygens (including phenoxy) is 6. The van der Waals surface area contributed by atoms with Gasteiger partial charge in [-0.3, -0.25) is 9.59 Å². The Balaban J connectivity index is 2.23. The molecule has 52 heavy (non-hydrogen) atoms.